The standard InChI is InChI=1S/C25H28N2O5S/c1-17(2)24(27-33(30,31)20-12-5-4-6-13-20)25(29)32-16-23(28)26-18(3)21-15-9-11-19-10-7-8-14-22(19)21/h4-15,17-18,24,27H,16H2,1-3H3,(H,26,28)/t18?,24-/m0/s1. The van der Waals surface area contributed by atoms with Gasteiger partial charge in [-0.2, -0.15) is 4.72 Å². The van der Waals surface area contributed by atoms with Crippen molar-refractivity contribution in [3.05, 3.63) is 78.4 Å². The van der Waals surface area contributed by atoms with Crippen molar-refractivity contribution in [1.82, 2.24) is 10.0 Å². The third kappa shape index (κ3) is 6.18. The summed E-state index contributed by atoms with van der Waals surface area (Å²) in [6.07, 6.45) is 0. The second-order valence-corrected chi connectivity index (χ2v) is 9.84. The highest BCUT2D eigenvalue weighted by atomic mass is 32.2. The van der Waals surface area contributed by atoms with E-state index in [1.807, 2.05) is 49.4 Å². The SMILES string of the molecule is CC(NC(=O)COC(=O)[C@@H](NS(=O)(=O)c1ccccc1)C(C)C)c1cccc2ccccc12. The molecule has 0 bridgehead atoms. The topological polar surface area (TPSA) is 102 Å². The van der Waals surface area contributed by atoms with Crippen molar-refractivity contribution >= 4 is 32.7 Å². The molecule has 174 valence electrons. The van der Waals surface area contributed by atoms with Crippen LogP contribution in [0.5, 0.6) is 0 Å². The fourth-order valence-electron chi connectivity index (χ4n) is 3.51. The maximum atomic E-state index is 12.6. The van der Waals surface area contributed by atoms with E-state index in [1.54, 1.807) is 32.0 Å². The largest absolute Gasteiger partial charge is 0.454 e. The molecule has 0 saturated heterocycles. The summed E-state index contributed by atoms with van der Waals surface area (Å²) in [5, 5.41) is 4.92. The molecule has 0 radical (unpaired) electrons. The monoisotopic (exact) mass is 468 g/mol. The Morgan fingerprint density at radius 3 is 2.21 bits per heavy atom. The molecular formula is C25H28N2O5S. The third-order valence-corrected chi connectivity index (χ3v) is 6.73. The van der Waals surface area contributed by atoms with Crippen LogP contribution in [0.1, 0.15) is 32.4 Å². The van der Waals surface area contributed by atoms with Crippen LogP contribution in [-0.2, 0) is 24.3 Å². The maximum Gasteiger partial charge on any atom is 0.324 e. The van der Waals surface area contributed by atoms with Crippen LogP contribution < -0.4 is 10.0 Å². The molecule has 33 heavy (non-hydrogen) atoms. The van der Waals surface area contributed by atoms with Crippen molar-refractivity contribution in [1.29, 1.82) is 0 Å². The molecule has 0 aliphatic rings. The van der Waals surface area contributed by atoms with Crippen molar-refractivity contribution < 1.29 is 22.7 Å². The summed E-state index contributed by atoms with van der Waals surface area (Å²) in [4.78, 5) is 25.1. The number of carbonyl (C=O) groups is 2. The molecule has 1 unspecified atom stereocenters. The number of rotatable bonds is 9. The summed E-state index contributed by atoms with van der Waals surface area (Å²) in [7, 11) is -3.92. The van der Waals surface area contributed by atoms with Crippen LogP contribution in [0.25, 0.3) is 10.8 Å². The zero-order chi connectivity index (χ0) is 24.0. The molecule has 0 aromatic heterocycles. The Bertz CT molecular complexity index is 1220. The summed E-state index contributed by atoms with van der Waals surface area (Å²) in [5.41, 5.74) is 0.948. The van der Waals surface area contributed by atoms with Gasteiger partial charge in [0, 0.05) is 0 Å². The lowest BCUT2D eigenvalue weighted by Crippen LogP contribution is -2.46. The predicted molar refractivity (Wildman–Crippen MR) is 127 cm³/mol. The van der Waals surface area contributed by atoms with Gasteiger partial charge in [0.25, 0.3) is 5.91 Å². The fraction of sp³-hybridized carbons (Fsp3) is 0.280. The van der Waals surface area contributed by atoms with Gasteiger partial charge in [-0.05, 0) is 41.3 Å². The van der Waals surface area contributed by atoms with E-state index in [0.717, 1.165) is 16.3 Å². The Morgan fingerprint density at radius 1 is 0.879 bits per heavy atom. The van der Waals surface area contributed by atoms with Crippen LogP contribution in [0.4, 0.5) is 0 Å². The quantitative estimate of drug-likeness (QED) is 0.468. The molecule has 0 spiro atoms. The summed E-state index contributed by atoms with van der Waals surface area (Å²) in [6.45, 7) is 4.74. The van der Waals surface area contributed by atoms with E-state index in [9.17, 15) is 18.0 Å². The molecule has 0 aliphatic heterocycles. The normalized spacial score (nSPS) is 13.5. The second-order valence-electron chi connectivity index (χ2n) is 8.12. The van der Waals surface area contributed by atoms with Gasteiger partial charge in [-0.3, -0.25) is 9.59 Å². The first-order valence-electron chi connectivity index (χ1n) is 10.7. The van der Waals surface area contributed by atoms with E-state index in [1.165, 1.54) is 12.1 Å². The lowest BCUT2D eigenvalue weighted by atomic mass is 10.00. The van der Waals surface area contributed by atoms with E-state index >= 15 is 0 Å². The van der Waals surface area contributed by atoms with Crippen LogP contribution in [0.15, 0.2) is 77.7 Å². The van der Waals surface area contributed by atoms with E-state index in [-0.39, 0.29) is 16.9 Å². The number of fused-ring (bicyclic) bond motifs is 1. The van der Waals surface area contributed by atoms with E-state index in [2.05, 4.69) is 10.0 Å². The Kier molecular flexibility index (Phi) is 7.84. The molecule has 7 nitrogen and oxygen atoms in total. The molecule has 0 fully saturated rings. The number of benzene rings is 3. The van der Waals surface area contributed by atoms with Gasteiger partial charge in [-0.15, -0.1) is 0 Å². The van der Waals surface area contributed by atoms with Crippen LogP contribution in [0, 0.1) is 5.92 Å². The Morgan fingerprint density at radius 2 is 1.52 bits per heavy atom. The molecule has 2 N–H and O–H groups in total. The maximum absolute atomic E-state index is 12.6. The number of carbonyl (C=O) groups excluding carboxylic acids is 2. The lowest BCUT2D eigenvalue weighted by molar-refractivity contribution is -0.151. The molecule has 0 aliphatic carbocycles. The van der Waals surface area contributed by atoms with E-state index in [4.69, 9.17) is 4.74 Å². The van der Waals surface area contributed by atoms with Crippen molar-refractivity contribution in [2.24, 2.45) is 5.92 Å². The summed E-state index contributed by atoms with van der Waals surface area (Å²) < 4.78 is 32.7. The van der Waals surface area contributed by atoms with Gasteiger partial charge in [-0.25, -0.2) is 8.42 Å². The third-order valence-electron chi connectivity index (χ3n) is 5.27. The average Bonchev–Trinajstić information content (AvgIpc) is 2.81. The molecule has 0 saturated carbocycles. The first kappa shape index (κ1) is 24.4. The summed E-state index contributed by atoms with van der Waals surface area (Å²) in [6, 6.07) is 20.1. The highest BCUT2D eigenvalue weighted by molar-refractivity contribution is 7.89. The highest BCUT2D eigenvalue weighted by Gasteiger charge is 2.30. The summed E-state index contributed by atoms with van der Waals surface area (Å²) in [5.74, 6) is -1.66. The van der Waals surface area contributed by atoms with Gasteiger partial charge in [0.2, 0.25) is 10.0 Å². The number of esters is 1. The van der Waals surface area contributed by atoms with Crippen LogP contribution in [0.3, 0.4) is 0 Å². The number of amides is 1. The second kappa shape index (κ2) is 10.6. The Balaban J connectivity index is 1.61. The molecule has 3 aromatic carbocycles. The fourth-order valence-corrected chi connectivity index (χ4v) is 4.86. The molecular weight excluding hydrogens is 440 g/mol. The van der Waals surface area contributed by atoms with E-state index < -0.39 is 34.5 Å². The van der Waals surface area contributed by atoms with Gasteiger partial charge < -0.3 is 10.1 Å². The highest BCUT2D eigenvalue weighted by Crippen LogP contribution is 2.24. The van der Waals surface area contributed by atoms with Crippen molar-refractivity contribution in [2.45, 2.75) is 37.8 Å². The summed E-state index contributed by atoms with van der Waals surface area (Å²) >= 11 is 0. The minimum Gasteiger partial charge on any atom is -0.454 e. The van der Waals surface area contributed by atoms with E-state index in [0.29, 0.717) is 0 Å². The molecule has 1 amide bonds. The average molecular weight is 469 g/mol. The number of sulfonamides is 1. The Hall–Kier alpha value is -3.23. The molecule has 0 heterocycles. The number of nitrogens with one attached hydrogen (secondary N) is 2. The van der Waals surface area contributed by atoms with Crippen molar-refractivity contribution in [2.75, 3.05) is 6.61 Å². The minimum absolute atomic E-state index is 0.0464. The number of hydrogen-bond acceptors (Lipinski definition) is 5. The van der Waals surface area contributed by atoms with Gasteiger partial charge in [0.1, 0.15) is 6.04 Å². The minimum atomic E-state index is -3.92. The van der Waals surface area contributed by atoms with Gasteiger partial charge in [0.05, 0.1) is 10.9 Å². The number of hydrogen-bond donors (Lipinski definition) is 2. The molecule has 3 aromatic rings. The first-order valence-corrected chi connectivity index (χ1v) is 12.2. The van der Waals surface area contributed by atoms with Gasteiger partial charge in [0.15, 0.2) is 6.61 Å². The Labute approximate surface area is 194 Å². The van der Waals surface area contributed by atoms with Crippen molar-refractivity contribution in [3.8, 4) is 0 Å². The zero-order valence-electron chi connectivity index (χ0n) is 18.8. The molecule has 8 heteroatoms. The number of ether oxygens (including phenoxy) is 1. The smallest absolute Gasteiger partial charge is 0.324 e. The van der Waals surface area contributed by atoms with Crippen LogP contribution in [0.2, 0.25) is 0 Å². The molecule has 3 rings (SSSR count). The van der Waals surface area contributed by atoms with Crippen molar-refractivity contribution in [3.63, 3.8) is 0 Å². The first-order chi connectivity index (χ1) is 15.7. The lowest BCUT2D eigenvalue weighted by Gasteiger charge is -2.21. The van der Waals surface area contributed by atoms with Crippen LogP contribution >= 0.6 is 0 Å². The zero-order valence-corrected chi connectivity index (χ0v) is 19.6. The van der Waals surface area contributed by atoms with Crippen LogP contribution in [-0.4, -0.2) is 32.9 Å². The predicted octanol–water partition coefficient (Wildman–Crippen LogP) is 3.56. The molecule has 2 atom stereocenters. The van der Waals surface area contributed by atoms with Gasteiger partial charge in [-0.1, -0.05) is 74.5 Å². The van der Waals surface area contributed by atoms with Gasteiger partial charge >= 0.3 is 5.97 Å².